The average molecular weight is 277 g/mol. The third-order valence-corrected chi connectivity index (χ3v) is 3.32. The summed E-state index contributed by atoms with van der Waals surface area (Å²) >= 11 is 0. The number of imide groups is 1. The molecule has 1 aliphatic rings. The van der Waals surface area contributed by atoms with Gasteiger partial charge in [0.05, 0.1) is 11.1 Å². The normalized spacial score (nSPS) is 13.9. The highest BCUT2D eigenvalue weighted by Gasteiger charge is 2.35. The zero-order valence-electron chi connectivity index (χ0n) is 12.6. The van der Waals surface area contributed by atoms with E-state index in [1.807, 2.05) is 27.7 Å². The van der Waals surface area contributed by atoms with Crippen LogP contribution in [0, 0.1) is 5.41 Å². The number of aliphatic hydroxyl groups excluding tert-OH is 1. The molecule has 1 aromatic carbocycles. The van der Waals surface area contributed by atoms with Gasteiger partial charge in [-0.2, -0.15) is 0 Å². The Labute approximate surface area is 120 Å². The quantitative estimate of drug-likeness (QED) is 0.861. The van der Waals surface area contributed by atoms with Crippen molar-refractivity contribution in [1.29, 1.82) is 0 Å². The molecular formula is C16H23NO3. The van der Waals surface area contributed by atoms with Crippen LogP contribution in [0.5, 0.6) is 0 Å². The first-order chi connectivity index (χ1) is 9.46. The SMILES string of the molecule is CC.CC(C)(CO)CCN1C(=O)c2ccccc2C1=O. The van der Waals surface area contributed by atoms with E-state index in [1.165, 1.54) is 4.90 Å². The van der Waals surface area contributed by atoms with Crippen LogP contribution < -0.4 is 0 Å². The van der Waals surface area contributed by atoms with Crippen LogP contribution in [0.25, 0.3) is 0 Å². The maximum absolute atomic E-state index is 12.1. The first-order valence-corrected chi connectivity index (χ1v) is 7.02. The number of hydrogen-bond donors (Lipinski definition) is 1. The van der Waals surface area contributed by atoms with Crippen LogP contribution in [0.15, 0.2) is 24.3 Å². The van der Waals surface area contributed by atoms with Gasteiger partial charge in [-0.3, -0.25) is 14.5 Å². The van der Waals surface area contributed by atoms with Crippen molar-refractivity contribution in [3.63, 3.8) is 0 Å². The van der Waals surface area contributed by atoms with Gasteiger partial charge in [-0.05, 0) is 24.0 Å². The fourth-order valence-electron chi connectivity index (χ4n) is 1.94. The second-order valence-corrected chi connectivity index (χ2v) is 5.38. The smallest absolute Gasteiger partial charge is 0.261 e. The molecule has 0 bridgehead atoms. The van der Waals surface area contributed by atoms with Gasteiger partial charge in [0.2, 0.25) is 0 Å². The molecule has 2 rings (SSSR count). The maximum Gasteiger partial charge on any atom is 0.261 e. The van der Waals surface area contributed by atoms with Crippen molar-refractivity contribution in [3.8, 4) is 0 Å². The molecule has 20 heavy (non-hydrogen) atoms. The van der Waals surface area contributed by atoms with Gasteiger partial charge in [0.25, 0.3) is 11.8 Å². The highest BCUT2D eigenvalue weighted by molar-refractivity contribution is 6.21. The molecule has 1 heterocycles. The van der Waals surface area contributed by atoms with Crippen LogP contribution in [0.1, 0.15) is 54.8 Å². The standard InChI is InChI=1S/C14H17NO3.C2H6/c1-14(2,9-16)7-8-15-12(17)10-5-3-4-6-11(10)13(15)18;1-2/h3-6,16H,7-9H2,1-2H3;1-2H3. The molecule has 1 N–H and O–H groups in total. The van der Waals surface area contributed by atoms with Crippen LogP contribution in [-0.2, 0) is 0 Å². The Morgan fingerprint density at radius 1 is 1.05 bits per heavy atom. The number of amides is 2. The van der Waals surface area contributed by atoms with Crippen molar-refractivity contribution < 1.29 is 14.7 Å². The lowest BCUT2D eigenvalue weighted by atomic mass is 9.90. The molecule has 1 aliphatic heterocycles. The van der Waals surface area contributed by atoms with Crippen molar-refractivity contribution in [2.75, 3.05) is 13.2 Å². The molecular weight excluding hydrogens is 254 g/mol. The molecule has 0 aliphatic carbocycles. The van der Waals surface area contributed by atoms with Crippen LogP contribution >= 0.6 is 0 Å². The van der Waals surface area contributed by atoms with E-state index in [1.54, 1.807) is 24.3 Å². The number of nitrogens with zero attached hydrogens (tertiary/aromatic N) is 1. The predicted molar refractivity (Wildman–Crippen MR) is 78.6 cm³/mol. The van der Waals surface area contributed by atoms with Gasteiger partial charge in [0.15, 0.2) is 0 Å². The Kier molecular flexibility index (Phi) is 5.45. The molecule has 0 atom stereocenters. The Bertz CT molecular complexity index is 459. The molecule has 1 aromatic rings. The summed E-state index contributed by atoms with van der Waals surface area (Å²) in [6.07, 6.45) is 0.592. The van der Waals surface area contributed by atoms with Crippen molar-refractivity contribution in [2.24, 2.45) is 5.41 Å². The summed E-state index contributed by atoms with van der Waals surface area (Å²) in [7, 11) is 0. The number of rotatable bonds is 4. The molecule has 0 saturated carbocycles. The van der Waals surface area contributed by atoms with Crippen LogP contribution in [0.4, 0.5) is 0 Å². The topological polar surface area (TPSA) is 57.6 Å². The minimum atomic E-state index is -0.282. The number of fused-ring (bicyclic) bond motifs is 1. The summed E-state index contributed by atoms with van der Waals surface area (Å²) in [5, 5.41) is 9.18. The lowest BCUT2D eigenvalue weighted by molar-refractivity contribution is 0.0613. The summed E-state index contributed by atoms with van der Waals surface area (Å²) in [5.74, 6) is -0.464. The third-order valence-electron chi connectivity index (χ3n) is 3.32. The van der Waals surface area contributed by atoms with Crippen LogP contribution in [0.2, 0.25) is 0 Å². The minimum absolute atomic E-state index is 0.0379. The zero-order chi connectivity index (χ0) is 15.3. The molecule has 2 amide bonds. The summed E-state index contributed by atoms with van der Waals surface area (Å²) in [4.78, 5) is 25.4. The van der Waals surface area contributed by atoms with Crippen LogP contribution in [0.3, 0.4) is 0 Å². The Morgan fingerprint density at radius 3 is 1.90 bits per heavy atom. The number of hydrogen-bond acceptors (Lipinski definition) is 3. The molecule has 4 nitrogen and oxygen atoms in total. The summed E-state index contributed by atoms with van der Waals surface area (Å²) in [6.45, 7) is 8.20. The Hall–Kier alpha value is -1.68. The maximum atomic E-state index is 12.1. The number of carbonyl (C=O) groups excluding carboxylic acids is 2. The molecule has 0 fully saturated rings. The lowest BCUT2D eigenvalue weighted by Gasteiger charge is -2.24. The van der Waals surface area contributed by atoms with E-state index < -0.39 is 0 Å². The van der Waals surface area contributed by atoms with E-state index in [9.17, 15) is 14.7 Å². The molecule has 0 saturated heterocycles. The molecule has 0 radical (unpaired) electrons. The van der Waals surface area contributed by atoms with Crippen molar-refractivity contribution in [3.05, 3.63) is 35.4 Å². The van der Waals surface area contributed by atoms with Gasteiger partial charge in [0, 0.05) is 13.2 Å². The first kappa shape index (κ1) is 16.4. The Morgan fingerprint density at radius 2 is 1.50 bits per heavy atom. The molecule has 0 spiro atoms. The van der Waals surface area contributed by atoms with Gasteiger partial charge < -0.3 is 5.11 Å². The monoisotopic (exact) mass is 277 g/mol. The molecule has 4 heteroatoms. The molecule has 110 valence electrons. The van der Waals surface area contributed by atoms with E-state index in [0.29, 0.717) is 24.1 Å². The van der Waals surface area contributed by atoms with Crippen molar-refractivity contribution in [2.45, 2.75) is 34.1 Å². The average Bonchev–Trinajstić information content (AvgIpc) is 2.72. The third kappa shape index (κ3) is 3.25. The highest BCUT2D eigenvalue weighted by Crippen LogP contribution is 2.25. The van der Waals surface area contributed by atoms with E-state index >= 15 is 0 Å². The molecule has 0 unspecified atom stereocenters. The second-order valence-electron chi connectivity index (χ2n) is 5.38. The first-order valence-electron chi connectivity index (χ1n) is 7.02. The van der Waals surface area contributed by atoms with E-state index in [0.717, 1.165) is 0 Å². The number of aliphatic hydroxyl groups is 1. The summed E-state index contributed by atoms with van der Waals surface area (Å²) in [6, 6.07) is 6.86. The second kappa shape index (κ2) is 6.66. The number of benzene rings is 1. The number of carbonyl (C=O) groups is 2. The predicted octanol–water partition coefficient (Wildman–Crippen LogP) is 2.72. The largest absolute Gasteiger partial charge is 0.396 e. The zero-order valence-corrected chi connectivity index (χ0v) is 12.6. The fraction of sp³-hybridized carbons (Fsp3) is 0.500. The van der Waals surface area contributed by atoms with Gasteiger partial charge in [0.1, 0.15) is 0 Å². The summed E-state index contributed by atoms with van der Waals surface area (Å²) in [5.41, 5.74) is 0.670. The highest BCUT2D eigenvalue weighted by atomic mass is 16.3. The van der Waals surface area contributed by atoms with Gasteiger partial charge in [-0.15, -0.1) is 0 Å². The fourth-order valence-corrected chi connectivity index (χ4v) is 1.94. The van der Waals surface area contributed by atoms with Gasteiger partial charge in [-0.1, -0.05) is 39.8 Å². The minimum Gasteiger partial charge on any atom is -0.396 e. The van der Waals surface area contributed by atoms with E-state index in [-0.39, 0.29) is 23.8 Å². The van der Waals surface area contributed by atoms with Crippen molar-refractivity contribution in [1.82, 2.24) is 4.90 Å². The molecule has 0 aromatic heterocycles. The van der Waals surface area contributed by atoms with Crippen molar-refractivity contribution >= 4 is 11.8 Å². The van der Waals surface area contributed by atoms with E-state index in [4.69, 9.17) is 0 Å². The summed E-state index contributed by atoms with van der Waals surface area (Å²) < 4.78 is 0. The lowest BCUT2D eigenvalue weighted by Crippen LogP contribution is -2.34. The van der Waals surface area contributed by atoms with E-state index in [2.05, 4.69) is 0 Å². The Balaban J connectivity index is 0.000000956. The van der Waals surface area contributed by atoms with Gasteiger partial charge in [-0.25, -0.2) is 0 Å². The van der Waals surface area contributed by atoms with Crippen LogP contribution in [-0.4, -0.2) is 35.0 Å². The van der Waals surface area contributed by atoms with Gasteiger partial charge >= 0.3 is 0 Å².